The average molecular weight is 833 g/mol. The number of nitro groups is 2. The SMILES string of the molecule is CC(C)(C)C1CCN(S(=O)(=O)c2ccc(NC(=O)c3ccc([N+](=O)[O-])o3)cc2)CC1.O=C(Nc1ccc(S(=O)(=O)N2CCC(F)CC2)cc1)c1ccc([N+](=O)[O-])o1. The molecule has 0 bridgehead atoms. The van der Waals surface area contributed by atoms with Crippen LogP contribution in [-0.4, -0.2) is 79.5 Å². The summed E-state index contributed by atoms with van der Waals surface area (Å²) in [6.45, 7) is 7.75. The van der Waals surface area contributed by atoms with Crippen LogP contribution < -0.4 is 10.6 Å². The van der Waals surface area contributed by atoms with Gasteiger partial charge in [-0.3, -0.25) is 29.8 Å². The van der Waals surface area contributed by atoms with E-state index in [2.05, 4.69) is 31.4 Å². The molecule has 0 radical (unpaired) electrons. The van der Waals surface area contributed by atoms with Crippen LogP contribution in [0.25, 0.3) is 0 Å². The molecule has 0 unspecified atom stereocenters. The number of sulfonamides is 2. The highest BCUT2D eigenvalue weighted by atomic mass is 32.2. The minimum atomic E-state index is -3.73. The van der Waals surface area contributed by atoms with Crippen molar-refractivity contribution in [3.05, 3.63) is 105 Å². The van der Waals surface area contributed by atoms with E-state index < -0.39 is 59.6 Å². The summed E-state index contributed by atoms with van der Waals surface area (Å²) in [6, 6.07) is 15.8. The molecule has 306 valence electrons. The summed E-state index contributed by atoms with van der Waals surface area (Å²) in [5.41, 5.74) is 0.800. The summed E-state index contributed by atoms with van der Waals surface area (Å²) in [5.74, 6) is -2.42. The van der Waals surface area contributed by atoms with Crippen LogP contribution in [0.5, 0.6) is 0 Å². The lowest BCUT2D eigenvalue weighted by molar-refractivity contribution is -0.402. The van der Waals surface area contributed by atoms with Gasteiger partial charge < -0.3 is 19.5 Å². The highest BCUT2D eigenvalue weighted by Gasteiger charge is 2.34. The Hall–Kier alpha value is -5.51. The summed E-state index contributed by atoms with van der Waals surface area (Å²) in [4.78, 5) is 44.1. The largest absolute Gasteiger partial charge is 0.433 e. The number of nitrogens with one attached hydrogen (secondary N) is 2. The van der Waals surface area contributed by atoms with Crippen molar-refractivity contribution in [1.82, 2.24) is 8.61 Å². The number of halogens is 1. The molecule has 57 heavy (non-hydrogen) atoms. The van der Waals surface area contributed by atoms with Crippen LogP contribution in [0.4, 0.5) is 27.5 Å². The number of hydrogen-bond donors (Lipinski definition) is 2. The number of nitrogens with zero attached hydrogens (tertiary/aromatic N) is 4. The minimum absolute atomic E-state index is 0.0337. The lowest BCUT2D eigenvalue weighted by atomic mass is 9.76. The third-order valence-electron chi connectivity index (χ3n) is 9.55. The topological polar surface area (TPSA) is 246 Å². The average Bonchev–Trinajstić information content (AvgIpc) is 3.88. The molecule has 2 amide bonds. The smallest absolute Gasteiger partial charge is 0.395 e. The number of rotatable bonds is 10. The first-order valence-electron chi connectivity index (χ1n) is 17.7. The molecule has 2 aromatic heterocycles. The lowest BCUT2D eigenvalue weighted by Crippen LogP contribution is -2.41. The molecule has 2 aliphatic rings. The Kier molecular flexibility index (Phi) is 13.0. The van der Waals surface area contributed by atoms with Gasteiger partial charge in [0.15, 0.2) is 11.5 Å². The summed E-state index contributed by atoms with van der Waals surface area (Å²) < 4.78 is 76.6. The molecule has 4 heterocycles. The second-order valence-corrected chi connectivity index (χ2v) is 18.2. The number of benzene rings is 2. The van der Waals surface area contributed by atoms with E-state index in [0.717, 1.165) is 25.0 Å². The fourth-order valence-corrected chi connectivity index (χ4v) is 9.17. The van der Waals surface area contributed by atoms with Crippen LogP contribution >= 0.6 is 0 Å². The maximum atomic E-state index is 13.2. The van der Waals surface area contributed by atoms with E-state index in [1.165, 1.54) is 69.3 Å². The molecule has 2 fully saturated rings. The van der Waals surface area contributed by atoms with Crippen molar-refractivity contribution in [2.45, 2.75) is 62.4 Å². The quantitative estimate of drug-likeness (QED) is 0.129. The number of furan rings is 2. The molecular formula is C36H41FN6O12S2. The zero-order chi connectivity index (χ0) is 41.7. The van der Waals surface area contributed by atoms with Crippen molar-refractivity contribution < 1.29 is 49.5 Å². The van der Waals surface area contributed by atoms with Crippen LogP contribution in [0.3, 0.4) is 0 Å². The van der Waals surface area contributed by atoms with Crippen molar-refractivity contribution >= 4 is 55.0 Å². The molecule has 21 heteroatoms. The van der Waals surface area contributed by atoms with Gasteiger partial charge in [0.05, 0.1) is 21.9 Å². The second-order valence-electron chi connectivity index (χ2n) is 14.4. The van der Waals surface area contributed by atoms with Gasteiger partial charge in [-0.05, 0) is 97.7 Å². The molecule has 0 saturated carbocycles. The number of carbonyl (C=O) groups excluding carboxylic acids is 2. The van der Waals surface area contributed by atoms with E-state index in [1.807, 2.05) is 0 Å². The van der Waals surface area contributed by atoms with E-state index in [4.69, 9.17) is 8.83 Å². The number of hydrogen-bond acceptors (Lipinski definition) is 12. The molecule has 2 N–H and O–H groups in total. The predicted molar refractivity (Wildman–Crippen MR) is 203 cm³/mol. The van der Waals surface area contributed by atoms with Crippen LogP contribution in [0.15, 0.2) is 91.4 Å². The Bertz CT molecular complexity index is 2310. The van der Waals surface area contributed by atoms with Gasteiger partial charge >= 0.3 is 11.8 Å². The second kappa shape index (κ2) is 17.3. The molecule has 2 aromatic carbocycles. The van der Waals surface area contributed by atoms with Gasteiger partial charge in [0, 0.05) is 37.6 Å². The van der Waals surface area contributed by atoms with E-state index in [0.29, 0.717) is 30.4 Å². The first-order chi connectivity index (χ1) is 26.7. The lowest BCUT2D eigenvalue weighted by Gasteiger charge is -2.38. The van der Waals surface area contributed by atoms with Gasteiger partial charge in [0.1, 0.15) is 16.0 Å². The molecule has 0 atom stereocenters. The Morgan fingerprint density at radius 2 is 1.00 bits per heavy atom. The standard InChI is InChI=1S/C20H25N3O6S.C16H16FN3O6S/c1-20(2,3)14-10-12-22(13-11-14)30(27,28)16-6-4-15(5-7-16)21-19(24)17-8-9-18(29-17)23(25)26;17-11-7-9-19(10-8-11)27(24,25)13-3-1-12(2-4-13)18-16(21)14-5-6-15(26-14)20(22)23/h4-9,14H,10-13H2,1-3H3,(H,21,24);1-6,11H,7-10H2,(H,18,21). The van der Waals surface area contributed by atoms with Crippen LogP contribution in [0.2, 0.25) is 0 Å². The molecule has 6 rings (SSSR count). The van der Waals surface area contributed by atoms with E-state index in [9.17, 15) is 51.0 Å². The Balaban J connectivity index is 0.000000219. The molecular weight excluding hydrogens is 792 g/mol. The van der Waals surface area contributed by atoms with E-state index in [-0.39, 0.29) is 52.7 Å². The maximum absolute atomic E-state index is 13.2. The van der Waals surface area contributed by atoms with Crippen LogP contribution in [0.1, 0.15) is 67.6 Å². The highest BCUT2D eigenvalue weighted by Crippen LogP contribution is 2.36. The molecule has 2 aliphatic heterocycles. The first-order valence-corrected chi connectivity index (χ1v) is 20.6. The number of anilines is 2. The molecule has 0 aliphatic carbocycles. The van der Waals surface area contributed by atoms with Gasteiger partial charge in [0.25, 0.3) is 11.8 Å². The summed E-state index contributed by atoms with van der Waals surface area (Å²) in [6.07, 6.45) is 1.01. The number of amides is 2. The van der Waals surface area contributed by atoms with Crippen molar-refractivity contribution in [3.8, 4) is 0 Å². The molecule has 18 nitrogen and oxygen atoms in total. The summed E-state index contributed by atoms with van der Waals surface area (Å²) in [5, 5.41) is 26.2. The Morgan fingerprint density at radius 1 is 0.649 bits per heavy atom. The van der Waals surface area contributed by atoms with Crippen molar-refractivity contribution in [1.29, 1.82) is 0 Å². The number of carbonyl (C=O) groups is 2. The normalized spacial score (nSPS) is 16.3. The zero-order valence-electron chi connectivity index (χ0n) is 31.1. The van der Waals surface area contributed by atoms with Gasteiger partial charge in [-0.25, -0.2) is 21.2 Å². The maximum Gasteiger partial charge on any atom is 0.433 e. The van der Waals surface area contributed by atoms with Crippen LogP contribution in [0, 0.1) is 31.6 Å². The molecule has 2 saturated heterocycles. The molecule has 0 spiro atoms. The Morgan fingerprint density at radius 3 is 1.32 bits per heavy atom. The fraction of sp³-hybridized carbons (Fsp3) is 0.389. The monoisotopic (exact) mass is 832 g/mol. The van der Waals surface area contributed by atoms with Gasteiger partial charge in [-0.15, -0.1) is 0 Å². The van der Waals surface area contributed by atoms with Crippen molar-refractivity contribution in [3.63, 3.8) is 0 Å². The van der Waals surface area contributed by atoms with Gasteiger partial charge in [-0.1, -0.05) is 20.8 Å². The molecule has 4 aromatic rings. The van der Waals surface area contributed by atoms with Gasteiger partial charge in [-0.2, -0.15) is 8.61 Å². The van der Waals surface area contributed by atoms with E-state index in [1.54, 1.807) is 0 Å². The highest BCUT2D eigenvalue weighted by molar-refractivity contribution is 7.89. The fourth-order valence-electron chi connectivity index (χ4n) is 6.23. The third kappa shape index (κ3) is 10.5. The number of alkyl halides is 1. The Labute approximate surface area is 327 Å². The van der Waals surface area contributed by atoms with Crippen LogP contribution in [-0.2, 0) is 20.0 Å². The van der Waals surface area contributed by atoms with Gasteiger partial charge in [0.2, 0.25) is 20.0 Å². The first kappa shape index (κ1) is 42.6. The number of piperidine rings is 2. The van der Waals surface area contributed by atoms with Crippen molar-refractivity contribution in [2.24, 2.45) is 11.3 Å². The van der Waals surface area contributed by atoms with Crippen molar-refractivity contribution in [2.75, 3.05) is 36.8 Å². The summed E-state index contributed by atoms with van der Waals surface area (Å²) in [7, 11) is -7.34. The van der Waals surface area contributed by atoms with E-state index >= 15 is 0 Å². The minimum Gasteiger partial charge on any atom is -0.395 e. The predicted octanol–water partition coefficient (Wildman–Crippen LogP) is 6.45. The summed E-state index contributed by atoms with van der Waals surface area (Å²) >= 11 is 0. The third-order valence-corrected chi connectivity index (χ3v) is 13.4. The zero-order valence-corrected chi connectivity index (χ0v) is 32.8.